The van der Waals surface area contributed by atoms with Gasteiger partial charge in [-0.15, -0.1) is 11.3 Å². The van der Waals surface area contributed by atoms with Crippen LogP contribution in [0.2, 0.25) is 0 Å². The zero-order valence-electron chi connectivity index (χ0n) is 22.0. The monoisotopic (exact) mass is 541 g/mol. The van der Waals surface area contributed by atoms with Crippen LogP contribution in [-0.2, 0) is 0 Å². The lowest BCUT2D eigenvalue weighted by atomic mass is 9.96. The molecule has 4 heteroatoms. The highest BCUT2D eigenvalue weighted by Gasteiger charge is 2.27. The summed E-state index contributed by atoms with van der Waals surface area (Å²) >= 11 is 1.86. The van der Waals surface area contributed by atoms with Crippen molar-refractivity contribution in [2.45, 2.75) is 6.17 Å². The number of aliphatic imine (C=N–C) groups is 2. The highest BCUT2D eigenvalue weighted by Crippen LogP contribution is 2.52. The van der Waals surface area contributed by atoms with Crippen molar-refractivity contribution in [2.75, 3.05) is 0 Å². The summed E-state index contributed by atoms with van der Waals surface area (Å²) in [7, 11) is 0. The summed E-state index contributed by atoms with van der Waals surface area (Å²) in [5.41, 5.74) is 8.53. The fourth-order valence-corrected chi connectivity index (χ4v) is 7.69. The second kappa shape index (κ2) is 8.72. The molecule has 0 atom stereocenters. The molecule has 1 aliphatic carbocycles. The van der Waals surface area contributed by atoms with Crippen LogP contribution in [0.5, 0.6) is 0 Å². The molecule has 0 saturated carbocycles. The van der Waals surface area contributed by atoms with Gasteiger partial charge in [0.05, 0.1) is 0 Å². The molecule has 0 saturated heterocycles. The van der Waals surface area contributed by atoms with E-state index >= 15 is 0 Å². The minimum Gasteiger partial charge on any atom is -0.324 e. The first-order valence-corrected chi connectivity index (χ1v) is 14.7. The minimum atomic E-state index is -0.372. The van der Waals surface area contributed by atoms with Crippen molar-refractivity contribution in [1.29, 1.82) is 0 Å². The molecule has 9 rings (SSSR count). The van der Waals surface area contributed by atoms with Crippen LogP contribution in [0.3, 0.4) is 0 Å². The molecule has 3 nitrogen and oxygen atoms in total. The third kappa shape index (κ3) is 3.38. The van der Waals surface area contributed by atoms with Crippen molar-refractivity contribution in [3.63, 3.8) is 0 Å². The third-order valence-corrected chi connectivity index (χ3v) is 9.37. The van der Waals surface area contributed by atoms with Crippen LogP contribution in [0.15, 0.2) is 137 Å². The summed E-state index contributed by atoms with van der Waals surface area (Å²) in [5.74, 6) is 1.67. The van der Waals surface area contributed by atoms with Gasteiger partial charge in [0.25, 0.3) is 0 Å². The van der Waals surface area contributed by atoms with Gasteiger partial charge in [0.1, 0.15) is 11.7 Å². The number of nitrogens with zero attached hydrogens (tertiary/aromatic N) is 2. The van der Waals surface area contributed by atoms with Crippen LogP contribution < -0.4 is 5.32 Å². The summed E-state index contributed by atoms with van der Waals surface area (Å²) in [6.07, 6.45) is -0.372. The molecule has 2 heterocycles. The Balaban J connectivity index is 1.33. The molecule has 6 aromatic carbocycles. The highest BCUT2D eigenvalue weighted by atomic mass is 32.1. The predicted octanol–water partition coefficient (Wildman–Crippen LogP) is 9.35. The molecule has 1 aromatic heterocycles. The van der Waals surface area contributed by atoms with Crippen molar-refractivity contribution >= 4 is 54.0 Å². The lowest BCUT2D eigenvalue weighted by Crippen LogP contribution is -2.36. The van der Waals surface area contributed by atoms with E-state index in [9.17, 15) is 0 Å². The maximum absolute atomic E-state index is 5.22. The molecule has 192 valence electrons. The number of hydrogen-bond acceptors (Lipinski definition) is 4. The number of amidine groups is 2. The highest BCUT2D eigenvalue weighted by molar-refractivity contribution is 7.26. The molecule has 0 bridgehead atoms. The molecule has 7 aromatic rings. The van der Waals surface area contributed by atoms with Crippen LogP contribution in [0.4, 0.5) is 0 Å². The van der Waals surface area contributed by atoms with Crippen LogP contribution >= 0.6 is 11.3 Å². The Morgan fingerprint density at radius 1 is 0.488 bits per heavy atom. The summed E-state index contributed by atoms with van der Waals surface area (Å²) in [4.78, 5) is 10.4. The number of benzene rings is 6. The van der Waals surface area contributed by atoms with Gasteiger partial charge in [0.15, 0.2) is 6.17 Å². The quantitative estimate of drug-likeness (QED) is 0.238. The molecule has 0 radical (unpaired) electrons. The van der Waals surface area contributed by atoms with E-state index in [1.165, 1.54) is 53.2 Å². The first-order valence-electron chi connectivity index (χ1n) is 13.9. The number of thiophene rings is 1. The molecule has 1 aliphatic heterocycles. The SMILES string of the molecule is c1ccc(C2=NC(c3cccc4sc5cc6c7c(cccc7c5c34)-c3ccccc3-6)N=C(c3ccccc3)N2)cc1. The van der Waals surface area contributed by atoms with E-state index in [1.54, 1.807) is 0 Å². The van der Waals surface area contributed by atoms with Crippen LogP contribution in [0, 0.1) is 0 Å². The maximum Gasteiger partial charge on any atom is 0.170 e. The largest absolute Gasteiger partial charge is 0.324 e. The second-order valence-electron chi connectivity index (χ2n) is 10.6. The smallest absolute Gasteiger partial charge is 0.170 e. The van der Waals surface area contributed by atoms with Crippen molar-refractivity contribution in [1.82, 2.24) is 5.32 Å². The maximum atomic E-state index is 5.22. The van der Waals surface area contributed by atoms with Gasteiger partial charge in [-0.05, 0) is 45.2 Å². The first kappa shape index (κ1) is 22.7. The summed E-state index contributed by atoms with van der Waals surface area (Å²) in [6.45, 7) is 0. The second-order valence-corrected chi connectivity index (χ2v) is 11.7. The Labute approximate surface area is 241 Å². The minimum absolute atomic E-state index is 0.372. The van der Waals surface area contributed by atoms with Gasteiger partial charge in [0.2, 0.25) is 0 Å². The number of hydrogen-bond donors (Lipinski definition) is 1. The zero-order chi connectivity index (χ0) is 26.9. The molecule has 0 fully saturated rings. The summed E-state index contributed by atoms with van der Waals surface area (Å²) in [6, 6.07) is 45.2. The Morgan fingerprint density at radius 3 is 1.80 bits per heavy atom. The lowest BCUT2D eigenvalue weighted by molar-refractivity contribution is 0.763. The van der Waals surface area contributed by atoms with Gasteiger partial charge in [-0.3, -0.25) is 0 Å². The van der Waals surface area contributed by atoms with Gasteiger partial charge in [0, 0.05) is 36.9 Å². The molecular weight excluding hydrogens is 518 g/mol. The fourth-order valence-electron chi connectivity index (χ4n) is 6.50. The number of fused-ring (bicyclic) bond motifs is 7. The molecule has 0 spiro atoms. The number of nitrogens with one attached hydrogen (secondary N) is 1. The number of rotatable bonds is 3. The van der Waals surface area contributed by atoms with E-state index in [0.29, 0.717) is 0 Å². The van der Waals surface area contributed by atoms with Crippen molar-refractivity contribution in [2.24, 2.45) is 9.98 Å². The van der Waals surface area contributed by atoms with E-state index in [4.69, 9.17) is 9.98 Å². The van der Waals surface area contributed by atoms with E-state index in [2.05, 4.69) is 121 Å². The normalized spacial score (nSPS) is 14.2. The third-order valence-electron chi connectivity index (χ3n) is 8.27. The average Bonchev–Trinajstić information content (AvgIpc) is 3.59. The van der Waals surface area contributed by atoms with Crippen molar-refractivity contribution in [3.8, 4) is 22.3 Å². The molecule has 2 aliphatic rings. The van der Waals surface area contributed by atoms with Crippen LogP contribution in [-0.4, -0.2) is 11.7 Å². The van der Waals surface area contributed by atoms with Gasteiger partial charge < -0.3 is 5.32 Å². The van der Waals surface area contributed by atoms with Gasteiger partial charge in [-0.25, -0.2) is 9.98 Å². The first-order chi connectivity index (χ1) is 20.3. The van der Waals surface area contributed by atoms with Crippen LogP contribution in [0.25, 0.3) is 53.2 Å². The molecular formula is C37H23N3S. The average molecular weight is 542 g/mol. The lowest BCUT2D eigenvalue weighted by Gasteiger charge is -2.23. The molecule has 1 N–H and O–H groups in total. The van der Waals surface area contributed by atoms with Gasteiger partial charge in [-0.1, -0.05) is 115 Å². The topological polar surface area (TPSA) is 36.8 Å². The Morgan fingerprint density at radius 2 is 1.10 bits per heavy atom. The standard InChI is InChI=1S/C37H23N3S/c1-3-11-22(12-4-1)35-38-36(23-13-5-2-6-14-23)40-37(39-35)28-19-10-20-30-34(28)33-27-18-9-17-26-24-15-7-8-16-25(24)29(32(26)27)21-31(33)41-30/h1-21,37H,(H,38,39,40). The van der Waals surface area contributed by atoms with Gasteiger partial charge >= 0.3 is 0 Å². The van der Waals surface area contributed by atoms with E-state index in [-0.39, 0.29) is 6.17 Å². The van der Waals surface area contributed by atoms with E-state index < -0.39 is 0 Å². The Kier molecular flexibility index (Phi) is 4.83. The van der Waals surface area contributed by atoms with Crippen molar-refractivity contribution < 1.29 is 0 Å². The molecule has 0 unspecified atom stereocenters. The predicted molar refractivity (Wildman–Crippen MR) is 173 cm³/mol. The van der Waals surface area contributed by atoms with Gasteiger partial charge in [-0.2, -0.15) is 0 Å². The molecule has 0 amide bonds. The zero-order valence-corrected chi connectivity index (χ0v) is 22.8. The van der Waals surface area contributed by atoms with E-state index in [0.717, 1.165) is 28.4 Å². The Hall–Kier alpha value is -5.06. The molecule has 41 heavy (non-hydrogen) atoms. The Bertz CT molecular complexity index is 2170. The van der Waals surface area contributed by atoms with Crippen molar-refractivity contribution in [3.05, 3.63) is 144 Å². The summed E-state index contributed by atoms with van der Waals surface area (Å²) in [5, 5.41) is 8.75. The van der Waals surface area contributed by atoms with Crippen LogP contribution in [0.1, 0.15) is 22.9 Å². The van der Waals surface area contributed by atoms with E-state index in [1.807, 2.05) is 23.5 Å². The summed E-state index contributed by atoms with van der Waals surface area (Å²) < 4.78 is 2.57. The fraction of sp³-hybridized carbons (Fsp3) is 0.0270.